The Balaban J connectivity index is 2.81. The van der Waals surface area contributed by atoms with Crippen LogP contribution in [-0.2, 0) is 9.31 Å². The Labute approximate surface area is 85.4 Å². The summed E-state index contributed by atoms with van der Waals surface area (Å²) >= 11 is 0. The molecule has 1 aromatic carbocycles. The second-order valence-electron chi connectivity index (χ2n) is 2.87. The Kier molecular flexibility index (Phi) is 4.49. The van der Waals surface area contributed by atoms with Crippen molar-refractivity contribution in [3.8, 4) is 0 Å². The van der Waals surface area contributed by atoms with E-state index in [1.807, 2.05) is 38.1 Å². The number of rotatable bonds is 5. The van der Waals surface area contributed by atoms with Gasteiger partial charge in [-0.1, -0.05) is 18.2 Å². The summed E-state index contributed by atoms with van der Waals surface area (Å²) in [4.78, 5) is 0. The van der Waals surface area contributed by atoms with Gasteiger partial charge in [-0.3, -0.25) is 0 Å². The number of para-hydroxylation sites is 1. The SMILES string of the molecule is CCOB(OCC)c1ccccc1N. The van der Waals surface area contributed by atoms with E-state index in [1.54, 1.807) is 0 Å². The zero-order valence-electron chi connectivity index (χ0n) is 8.69. The molecule has 1 aromatic rings. The monoisotopic (exact) mass is 193 g/mol. The van der Waals surface area contributed by atoms with Gasteiger partial charge in [0.25, 0.3) is 0 Å². The van der Waals surface area contributed by atoms with E-state index in [0.717, 1.165) is 5.46 Å². The molecule has 0 fully saturated rings. The van der Waals surface area contributed by atoms with Crippen LogP contribution in [0.4, 0.5) is 5.69 Å². The van der Waals surface area contributed by atoms with E-state index >= 15 is 0 Å². The van der Waals surface area contributed by atoms with Gasteiger partial charge in [0.15, 0.2) is 0 Å². The maximum absolute atomic E-state index is 5.82. The standard InChI is InChI=1S/C10H16BNO2/c1-3-13-11(14-4-2)9-7-5-6-8-10(9)12/h5-8H,3-4,12H2,1-2H3. The van der Waals surface area contributed by atoms with Gasteiger partial charge in [-0.25, -0.2) is 0 Å². The molecule has 0 aliphatic heterocycles. The lowest BCUT2D eigenvalue weighted by atomic mass is 9.77. The lowest BCUT2D eigenvalue weighted by Crippen LogP contribution is -2.38. The smallest absolute Gasteiger partial charge is 0.408 e. The van der Waals surface area contributed by atoms with Crippen molar-refractivity contribution < 1.29 is 9.31 Å². The van der Waals surface area contributed by atoms with E-state index in [-0.39, 0.29) is 7.12 Å². The molecule has 3 nitrogen and oxygen atoms in total. The van der Waals surface area contributed by atoms with Gasteiger partial charge in [0.05, 0.1) is 0 Å². The first-order chi connectivity index (χ1) is 6.79. The van der Waals surface area contributed by atoms with E-state index in [9.17, 15) is 0 Å². The van der Waals surface area contributed by atoms with Gasteiger partial charge in [0.2, 0.25) is 0 Å². The molecule has 0 aromatic heterocycles. The highest BCUT2D eigenvalue weighted by Gasteiger charge is 2.21. The van der Waals surface area contributed by atoms with Crippen LogP contribution in [0.1, 0.15) is 13.8 Å². The Morgan fingerprint density at radius 1 is 1.14 bits per heavy atom. The van der Waals surface area contributed by atoms with Crippen molar-refractivity contribution in [2.24, 2.45) is 0 Å². The second kappa shape index (κ2) is 5.68. The molecule has 0 aliphatic carbocycles. The molecule has 0 unspecified atom stereocenters. The molecule has 0 saturated carbocycles. The molecule has 14 heavy (non-hydrogen) atoms. The average molecular weight is 193 g/mol. The minimum atomic E-state index is -0.341. The summed E-state index contributed by atoms with van der Waals surface area (Å²) < 4.78 is 10.9. The molecule has 0 bridgehead atoms. The lowest BCUT2D eigenvalue weighted by molar-refractivity contribution is 0.225. The number of nitrogen functional groups attached to an aromatic ring is 1. The first kappa shape index (κ1) is 11.1. The fourth-order valence-corrected chi connectivity index (χ4v) is 1.26. The predicted molar refractivity (Wildman–Crippen MR) is 59.5 cm³/mol. The van der Waals surface area contributed by atoms with Crippen molar-refractivity contribution in [1.29, 1.82) is 0 Å². The fraction of sp³-hybridized carbons (Fsp3) is 0.400. The highest BCUT2D eigenvalue weighted by Crippen LogP contribution is 2.01. The minimum absolute atomic E-state index is 0.341. The third-order valence-electron chi connectivity index (χ3n) is 1.89. The Bertz CT molecular complexity index is 275. The van der Waals surface area contributed by atoms with Crippen LogP contribution < -0.4 is 11.2 Å². The number of hydrogen-bond acceptors (Lipinski definition) is 3. The number of anilines is 1. The summed E-state index contributed by atoms with van der Waals surface area (Å²) in [5.41, 5.74) is 7.43. The molecule has 0 spiro atoms. The summed E-state index contributed by atoms with van der Waals surface area (Å²) in [6, 6.07) is 7.59. The normalized spacial score (nSPS) is 10.1. The zero-order chi connectivity index (χ0) is 10.4. The molecule has 0 heterocycles. The summed E-state index contributed by atoms with van der Waals surface area (Å²) in [6.07, 6.45) is 0. The van der Waals surface area contributed by atoms with Gasteiger partial charge in [-0.2, -0.15) is 0 Å². The quantitative estimate of drug-likeness (QED) is 0.561. The van der Waals surface area contributed by atoms with Crippen LogP contribution in [0.3, 0.4) is 0 Å². The fourth-order valence-electron chi connectivity index (χ4n) is 1.26. The van der Waals surface area contributed by atoms with Gasteiger partial charge in [0.1, 0.15) is 0 Å². The van der Waals surface area contributed by atoms with Crippen molar-refractivity contribution in [3.63, 3.8) is 0 Å². The van der Waals surface area contributed by atoms with Crippen molar-refractivity contribution in [3.05, 3.63) is 24.3 Å². The third kappa shape index (κ3) is 2.75. The van der Waals surface area contributed by atoms with Gasteiger partial charge in [-0.15, -0.1) is 0 Å². The van der Waals surface area contributed by atoms with Gasteiger partial charge >= 0.3 is 7.12 Å². The minimum Gasteiger partial charge on any atom is -0.408 e. The van der Waals surface area contributed by atoms with Gasteiger partial charge in [-0.05, 0) is 19.9 Å². The zero-order valence-corrected chi connectivity index (χ0v) is 8.69. The molecule has 0 aliphatic rings. The lowest BCUT2D eigenvalue weighted by Gasteiger charge is -2.14. The van der Waals surface area contributed by atoms with E-state index in [2.05, 4.69) is 0 Å². The molecule has 0 radical (unpaired) electrons. The first-order valence-corrected chi connectivity index (χ1v) is 4.87. The van der Waals surface area contributed by atoms with E-state index in [1.165, 1.54) is 0 Å². The van der Waals surface area contributed by atoms with Crippen molar-refractivity contribution in [2.45, 2.75) is 13.8 Å². The van der Waals surface area contributed by atoms with Gasteiger partial charge < -0.3 is 15.0 Å². The molecule has 0 amide bonds. The molecular formula is C10H16BNO2. The van der Waals surface area contributed by atoms with Crippen LogP contribution in [0.5, 0.6) is 0 Å². The Hall–Kier alpha value is -0.995. The average Bonchev–Trinajstić information content (AvgIpc) is 2.18. The molecular weight excluding hydrogens is 177 g/mol. The molecule has 2 N–H and O–H groups in total. The van der Waals surface area contributed by atoms with Crippen LogP contribution in [-0.4, -0.2) is 20.3 Å². The van der Waals surface area contributed by atoms with Crippen LogP contribution >= 0.6 is 0 Å². The summed E-state index contributed by atoms with van der Waals surface area (Å²) in [5.74, 6) is 0. The first-order valence-electron chi connectivity index (χ1n) is 4.87. The maximum Gasteiger partial charge on any atom is 0.495 e. The molecule has 0 atom stereocenters. The van der Waals surface area contributed by atoms with E-state index in [4.69, 9.17) is 15.0 Å². The van der Waals surface area contributed by atoms with Crippen LogP contribution in [0.2, 0.25) is 0 Å². The highest BCUT2D eigenvalue weighted by atomic mass is 16.6. The highest BCUT2D eigenvalue weighted by molar-refractivity contribution is 6.63. The number of hydrogen-bond donors (Lipinski definition) is 1. The molecule has 0 saturated heterocycles. The topological polar surface area (TPSA) is 44.5 Å². The molecule has 4 heteroatoms. The van der Waals surface area contributed by atoms with E-state index < -0.39 is 0 Å². The van der Waals surface area contributed by atoms with E-state index in [0.29, 0.717) is 18.9 Å². The van der Waals surface area contributed by atoms with Crippen LogP contribution in [0.15, 0.2) is 24.3 Å². The number of nitrogens with two attached hydrogens (primary N) is 1. The summed E-state index contributed by atoms with van der Waals surface area (Å²) in [7, 11) is -0.341. The maximum atomic E-state index is 5.82. The second-order valence-corrected chi connectivity index (χ2v) is 2.87. The van der Waals surface area contributed by atoms with Crippen molar-refractivity contribution >= 4 is 18.3 Å². The van der Waals surface area contributed by atoms with Crippen molar-refractivity contribution in [1.82, 2.24) is 0 Å². The predicted octanol–water partition coefficient (Wildman–Crippen LogP) is 1.04. The van der Waals surface area contributed by atoms with Gasteiger partial charge in [0, 0.05) is 24.4 Å². The largest absolute Gasteiger partial charge is 0.495 e. The Morgan fingerprint density at radius 2 is 1.71 bits per heavy atom. The Morgan fingerprint density at radius 3 is 2.21 bits per heavy atom. The molecule has 1 rings (SSSR count). The van der Waals surface area contributed by atoms with Crippen molar-refractivity contribution in [2.75, 3.05) is 18.9 Å². The summed E-state index contributed by atoms with van der Waals surface area (Å²) in [5, 5.41) is 0. The summed E-state index contributed by atoms with van der Waals surface area (Å²) in [6.45, 7) is 5.09. The van der Waals surface area contributed by atoms with Crippen LogP contribution in [0.25, 0.3) is 0 Å². The number of benzene rings is 1. The third-order valence-corrected chi connectivity index (χ3v) is 1.89. The van der Waals surface area contributed by atoms with Crippen LogP contribution in [0, 0.1) is 0 Å². The molecule has 76 valence electrons.